The average molecular weight is 481 g/mol. The summed E-state index contributed by atoms with van der Waals surface area (Å²) in [4.78, 5) is 26.7. The first-order chi connectivity index (χ1) is 14.5. The van der Waals surface area contributed by atoms with E-state index in [-0.39, 0.29) is 33.0 Å². The van der Waals surface area contributed by atoms with Crippen LogP contribution in [-0.4, -0.2) is 28.5 Å². The molecule has 0 spiro atoms. The summed E-state index contributed by atoms with van der Waals surface area (Å²) in [6.45, 7) is -0.0731. The predicted molar refractivity (Wildman–Crippen MR) is 106 cm³/mol. The molecule has 0 amide bonds. The van der Waals surface area contributed by atoms with Gasteiger partial charge in [0.1, 0.15) is 11.6 Å². The molecule has 0 saturated heterocycles. The Morgan fingerprint density at radius 3 is 2.48 bits per heavy atom. The summed E-state index contributed by atoms with van der Waals surface area (Å²) >= 11 is 5.82. The minimum Gasteiger partial charge on any atom is -0.379 e. The fourth-order valence-corrected chi connectivity index (χ4v) is 6.58. The molecule has 0 radical (unpaired) electrons. The maximum Gasteiger partial charge on any atom is 0.416 e. The normalized spacial score (nSPS) is 20.1. The van der Waals surface area contributed by atoms with Crippen molar-refractivity contribution in [2.75, 3.05) is 12.9 Å². The molecule has 12 heteroatoms. The SMILES string of the molecule is COC1Cn2c(=O)[nH]c(=O)c3cc(C(F)(F)F)cc(c32)[SH](c2cc(Cl)c(F)cc2F)C1. The highest BCUT2D eigenvalue weighted by molar-refractivity contribution is 8.17. The number of thiol groups is 1. The number of benzene rings is 2. The van der Waals surface area contributed by atoms with E-state index in [1.165, 1.54) is 7.11 Å². The van der Waals surface area contributed by atoms with E-state index in [0.717, 1.165) is 16.7 Å². The van der Waals surface area contributed by atoms with Crippen LogP contribution in [0.2, 0.25) is 5.02 Å². The van der Waals surface area contributed by atoms with E-state index in [2.05, 4.69) is 0 Å². The number of aromatic amines is 1. The molecule has 1 aromatic heterocycles. The van der Waals surface area contributed by atoms with Gasteiger partial charge in [-0.05, 0) is 18.2 Å². The van der Waals surface area contributed by atoms with Gasteiger partial charge in [0.25, 0.3) is 5.56 Å². The lowest BCUT2D eigenvalue weighted by atomic mass is 10.1. The van der Waals surface area contributed by atoms with Crippen molar-refractivity contribution in [3.63, 3.8) is 0 Å². The van der Waals surface area contributed by atoms with Crippen LogP contribution in [0.25, 0.3) is 10.9 Å². The van der Waals surface area contributed by atoms with Crippen molar-refractivity contribution in [2.24, 2.45) is 0 Å². The second kappa shape index (κ2) is 7.64. The number of halogens is 6. The molecule has 2 heterocycles. The standard InChI is InChI=1S/C19H14ClF5N2O3S/c1-30-9-6-27-16-10(17(28)26-18(27)29)2-8(19(23,24)25)3-15(16)31(7-9)14-4-11(20)12(21)5-13(14)22/h2-5,9,31H,6-7H2,1H3,(H,26,28,29). The van der Waals surface area contributed by atoms with E-state index in [0.29, 0.717) is 12.1 Å². The molecule has 0 fully saturated rings. The van der Waals surface area contributed by atoms with Crippen LogP contribution in [0, 0.1) is 11.6 Å². The van der Waals surface area contributed by atoms with Crippen molar-refractivity contribution in [3.05, 3.63) is 67.3 Å². The number of ether oxygens (including phenoxy) is 1. The quantitative estimate of drug-likeness (QED) is 0.330. The minimum absolute atomic E-state index is 0.0242. The molecule has 3 aromatic rings. The van der Waals surface area contributed by atoms with Crippen molar-refractivity contribution in [2.45, 2.75) is 28.6 Å². The van der Waals surface area contributed by atoms with Gasteiger partial charge in [-0.2, -0.15) is 24.1 Å². The number of methoxy groups -OCH3 is 1. The van der Waals surface area contributed by atoms with Gasteiger partial charge >= 0.3 is 11.9 Å². The second-order valence-electron chi connectivity index (χ2n) is 6.95. The van der Waals surface area contributed by atoms with Gasteiger partial charge in [0.15, 0.2) is 0 Å². The molecule has 31 heavy (non-hydrogen) atoms. The third-order valence-electron chi connectivity index (χ3n) is 5.07. The van der Waals surface area contributed by atoms with Gasteiger partial charge in [0.2, 0.25) is 0 Å². The van der Waals surface area contributed by atoms with Crippen molar-refractivity contribution in [1.29, 1.82) is 0 Å². The van der Waals surface area contributed by atoms with Crippen molar-refractivity contribution < 1.29 is 26.7 Å². The fourth-order valence-electron chi connectivity index (χ4n) is 3.61. The zero-order valence-corrected chi connectivity index (χ0v) is 17.3. The Morgan fingerprint density at radius 2 is 1.84 bits per heavy atom. The van der Waals surface area contributed by atoms with Gasteiger partial charge in [-0.1, -0.05) is 11.6 Å². The summed E-state index contributed by atoms with van der Waals surface area (Å²) in [5.74, 6) is -1.98. The van der Waals surface area contributed by atoms with Crippen molar-refractivity contribution >= 4 is 33.4 Å². The molecule has 0 aliphatic carbocycles. The highest BCUT2D eigenvalue weighted by Gasteiger charge is 2.35. The third kappa shape index (κ3) is 3.74. The summed E-state index contributed by atoms with van der Waals surface area (Å²) in [5, 5.41) is -0.758. The zero-order valence-electron chi connectivity index (χ0n) is 15.7. The summed E-state index contributed by atoms with van der Waals surface area (Å²) in [6, 6.07) is 3.04. The molecule has 2 aromatic carbocycles. The molecule has 2 atom stereocenters. The zero-order chi connectivity index (χ0) is 22.7. The summed E-state index contributed by atoms with van der Waals surface area (Å²) < 4.78 is 75.7. The molecule has 2 unspecified atom stereocenters. The first kappa shape index (κ1) is 21.8. The molecule has 1 aliphatic heterocycles. The van der Waals surface area contributed by atoms with Gasteiger partial charge in [0, 0.05) is 28.7 Å². The number of hydrogen-bond donors (Lipinski definition) is 2. The van der Waals surface area contributed by atoms with Gasteiger partial charge in [-0.25, -0.2) is 13.6 Å². The first-order valence-electron chi connectivity index (χ1n) is 8.84. The largest absolute Gasteiger partial charge is 0.416 e. The van der Waals surface area contributed by atoms with Gasteiger partial charge in [0.05, 0.1) is 34.1 Å². The van der Waals surface area contributed by atoms with Crippen LogP contribution in [0.3, 0.4) is 0 Å². The monoisotopic (exact) mass is 480 g/mol. The molecule has 1 aliphatic rings. The lowest BCUT2D eigenvalue weighted by Gasteiger charge is -2.26. The van der Waals surface area contributed by atoms with Crippen LogP contribution >= 0.6 is 22.5 Å². The van der Waals surface area contributed by atoms with Crippen molar-refractivity contribution in [3.8, 4) is 0 Å². The van der Waals surface area contributed by atoms with Crippen LogP contribution < -0.4 is 11.2 Å². The van der Waals surface area contributed by atoms with Gasteiger partial charge in [-0.15, -0.1) is 0 Å². The Bertz CT molecular complexity index is 1320. The van der Waals surface area contributed by atoms with E-state index in [4.69, 9.17) is 16.3 Å². The van der Waals surface area contributed by atoms with E-state index in [1.807, 2.05) is 4.98 Å². The number of hydrogen-bond acceptors (Lipinski definition) is 3. The second-order valence-corrected chi connectivity index (χ2v) is 9.54. The van der Waals surface area contributed by atoms with Crippen LogP contribution in [0.1, 0.15) is 5.56 Å². The van der Waals surface area contributed by atoms with Gasteiger partial charge < -0.3 is 4.74 Å². The lowest BCUT2D eigenvalue weighted by Crippen LogP contribution is -2.34. The number of nitrogens with one attached hydrogen (secondary N) is 1. The highest BCUT2D eigenvalue weighted by Crippen LogP contribution is 2.52. The van der Waals surface area contributed by atoms with E-state index >= 15 is 0 Å². The number of rotatable bonds is 2. The molecule has 4 rings (SSSR count). The first-order valence-corrected chi connectivity index (χ1v) is 10.7. The predicted octanol–water partition coefficient (Wildman–Crippen LogP) is 4.09. The van der Waals surface area contributed by atoms with E-state index in [9.17, 15) is 31.5 Å². The topological polar surface area (TPSA) is 64.1 Å². The Hall–Kier alpha value is -2.37. The highest BCUT2D eigenvalue weighted by atomic mass is 35.5. The molecular formula is C19H14ClF5N2O3S. The molecule has 5 nitrogen and oxygen atoms in total. The molecule has 1 N–H and O–H groups in total. The maximum absolute atomic E-state index is 14.7. The summed E-state index contributed by atoms with van der Waals surface area (Å²) in [7, 11) is -0.601. The number of H-pyrrole nitrogens is 1. The van der Waals surface area contributed by atoms with Crippen LogP contribution in [-0.2, 0) is 17.5 Å². The number of alkyl halides is 3. The molecule has 0 saturated carbocycles. The van der Waals surface area contributed by atoms with Crippen LogP contribution in [0.4, 0.5) is 22.0 Å². The minimum atomic E-state index is -4.80. The van der Waals surface area contributed by atoms with Gasteiger partial charge in [-0.3, -0.25) is 14.3 Å². The molecular weight excluding hydrogens is 467 g/mol. The van der Waals surface area contributed by atoms with E-state index < -0.39 is 56.6 Å². The Morgan fingerprint density at radius 1 is 1.13 bits per heavy atom. The molecule has 166 valence electrons. The Balaban J connectivity index is 2.15. The van der Waals surface area contributed by atoms with Crippen LogP contribution in [0.15, 0.2) is 43.6 Å². The Labute approximate surface area is 178 Å². The average Bonchev–Trinajstić information content (AvgIpc) is 2.85. The molecule has 0 bridgehead atoms. The summed E-state index contributed by atoms with van der Waals surface area (Å²) in [6.07, 6.45) is -5.49. The summed E-state index contributed by atoms with van der Waals surface area (Å²) in [5.41, 5.74) is -2.98. The Kier molecular flexibility index (Phi) is 5.39. The smallest absolute Gasteiger partial charge is 0.379 e. The van der Waals surface area contributed by atoms with Crippen LogP contribution in [0.5, 0.6) is 0 Å². The lowest BCUT2D eigenvalue weighted by molar-refractivity contribution is -0.137. The number of aromatic nitrogens is 2. The number of nitrogens with zero attached hydrogens (tertiary/aromatic N) is 1. The third-order valence-corrected chi connectivity index (χ3v) is 7.98. The fraction of sp³-hybridized carbons (Fsp3) is 0.263. The van der Waals surface area contributed by atoms with E-state index in [1.54, 1.807) is 0 Å². The maximum atomic E-state index is 14.7. The van der Waals surface area contributed by atoms with Crippen molar-refractivity contribution in [1.82, 2.24) is 9.55 Å².